The fourth-order valence-corrected chi connectivity index (χ4v) is 5.63. The lowest BCUT2D eigenvalue weighted by Gasteiger charge is -2.48. The quantitative estimate of drug-likeness (QED) is 0.838. The van der Waals surface area contributed by atoms with Crippen molar-refractivity contribution in [3.05, 3.63) is 66.2 Å². The maximum atomic E-state index is 11.8. The predicted molar refractivity (Wildman–Crippen MR) is 113 cm³/mol. The third kappa shape index (κ3) is 3.46. The van der Waals surface area contributed by atoms with Crippen molar-refractivity contribution in [3.8, 4) is 0 Å². The lowest BCUT2D eigenvalue weighted by molar-refractivity contribution is -0.162. The first kappa shape index (κ1) is 19.1. The van der Waals surface area contributed by atoms with Gasteiger partial charge >= 0.3 is 0 Å². The van der Waals surface area contributed by atoms with Crippen LogP contribution in [-0.4, -0.2) is 65.6 Å². The average molecular weight is 395 g/mol. The maximum Gasteiger partial charge on any atom is 0.0906 e. The molecule has 1 aliphatic carbocycles. The number of anilines is 1. The zero-order valence-corrected chi connectivity index (χ0v) is 16.7. The predicted octanol–water partition coefficient (Wildman–Crippen LogP) is 2.45. The molecule has 1 saturated carbocycles. The number of para-hydroxylation sites is 1. The summed E-state index contributed by atoms with van der Waals surface area (Å²) in [5.41, 5.74) is 1.44. The molecule has 2 aliphatic heterocycles. The van der Waals surface area contributed by atoms with E-state index in [4.69, 9.17) is 4.74 Å². The number of rotatable bonds is 3. The van der Waals surface area contributed by atoms with E-state index in [0.717, 1.165) is 31.7 Å². The molecule has 2 aromatic carbocycles. The van der Waals surface area contributed by atoms with E-state index < -0.39 is 11.7 Å². The fraction of sp³-hybridized carbons (Fsp3) is 0.500. The third-order valence-electron chi connectivity index (χ3n) is 7.12. The summed E-state index contributed by atoms with van der Waals surface area (Å²) in [6, 6.07) is 20.4. The molecule has 3 aliphatic rings. The summed E-state index contributed by atoms with van der Waals surface area (Å²) in [5.74, 6) is -0.00499. The van der Waals surface area contributed by atoms with Crippen LogP contribution in [-0.2, 0) is 4.74 Å². The molecule has 154 valence electrons. The van der Waals surface area contributed by atoms with Crippen molar-refractivity contribution in [2.45, 2.75) is 36.7 Å². The van der Waals surface area contributed by atoms with Gasteiger partial charge in [-0.15, -0.1) is 0 Å². The molecule has 0 radical (unpaired) electrons. The molecule has 0 amide bonds. The summed E-state index contributed by atoms with van der Waals surface area (Å²) in [5, 5.41) is 22.7. The fourth-order valence-electron chi connectivity index (χ4n) is 5.63. The lowest BCUT2D eigenvalue weighted by Crippen LogP contribution is -2.62. The van der Waals surface area contributed by atoms with Crippen LogP contribution in [0.5, 0.6) is 0 Å². The summed E-state index contributed by atoms with van der Waals surface area (Å²) < 4.78 is 6.10. The van der Waals surface area contributed by atoms with Crippen LogP contribution in [0.3, 0.4) is 0 Å². The number of aliphatic hydroxyl groups is 2. The van der Waals surface area contributed by atoms with Gasteiger partial charge in [0.05, 0.1) is 30.5 Å². The van der Waals surface area contributed by atoms with E-state index in [0.29, 0.717) is 19.4 Å². The number of aliphatic hydroxyl groups excluding tert-OH is 1. The van der Waals surface area contributed by atoms with Gasteiger partial charge in [0.1, 0.15) is 0 Å². The van der Waals surface area contributed by atoms with E-state index in [1.165, 1.54) is 5.69 Å². The highest BCUT2D eigenvalue weighted by Gasteiger charge is 2.58. The second-order valence-electron chi connectivity index (χ2n) is 8.73. The Bertz CT molecular complexity index is 809. The Balaban J connectivity index is 1.32. The number of ether oxygens (including phenoxy) is 1. The highest BCUT2D eigenvalue weighted by molar-refractivity contribution is 5.46. The van der Waals surface area contributed by atoms with Gasteiger partial charge in [0, 0.05) is 44.2 Å². The second kappa shape index (κ2) is 7.73. The van der Waals surface area contributed by atoms with E-state index in [2.05, 4.69) is 46.2 Å². The van der Waals surface area contributed by atoms with Crippen LogP contribution >= 0.6 is 0 Å². The minimum atomic E-state index is -0.910. The first-order valence-corrected chi connectivity index (χ1v) is 10.8. The molecular formula is C24H30N2O3. The molecule has 2 aromatic rings. The summed E-state index contributed by atoms with van der Waals surface area (Å²) in [6.07, 6.45) is 0.534. The van der Waals surface area contributed by atoms with E-state index >= 15 is 0 Å². The van der Waals surface area contributed by atoms with Gasteiger partial charge in [0.15, 0.2) is 0 Å². The van der Waals surface area contributed by atoms with Crippen LogP contribution in [0.2, 0.25) is 0 Å². The first-order chi connectivity index (χ1) is 14.1. The molecule has 29 heavy (non-hydrogen) atoms. The highest BCUT2D eigenvalue weighted by Crippen LogP contribution is 2.49. The molecule has 0 unspecified atom stereocenters. The van der Waals surface area contributed by atoms with Crippen LogP contribution in [0.15, 0.2) is 60.7 Å². The van der Waals surface area contributed by atoms with E-state index in [1.807, 2.05) is 24.3 Å². The maximum absolute atomic E-state index is 11.8. The SMILES string of the molecule is O[C@@H]1C[C@@H]2CO[C@@H](c3ccccc3)C[C@@]2(O)[C@H]1N1CCN(c2ccccc2)CC1. The number of benzene rings is 2. The van der Waals surface area contributed by atoms with Crippen molar-refractivity contribution in [1.82, 2.24) is 4.90 Å². The third-order valence-corrected chi connectivity index (χ3v) is 7.12. The van der Waals surface area contributed by atoms with Crippen molar-refractivity contribution in [2.24, 2.45) is 5.92 Å². The molecule has 5 heteroatoms. The van der Waals surface area contributed by atoms with Gasteiger partial charge in [-0.05, 0) is 24.1 Å². The number of fused-ring (bicyclic) bond motifs is 1. The second-order valence-corrected chi connectivity index (χ2v) is 8.73. The lowest BCUT2D eigenvalue weighted by atomic mass is 9.79. The molecule has 3 fully saturated rings. The van der Waals surface area contributed by atoms with Gasteiger partial charge in [-0.25, -0.2) is 0 Å². The average Bonchev–Trinajstić information content (AvgIpc) is 3.04. The molecule has 5 atom stereocenters. The van der Waals surface area contributed by atoms with Crippen LogP contribution < -0.4 is 4.90 Å². The molecule has 2 saturated heterocycles. The highest BCUT2D eigenvalue weighted by atomic mass is 16.5. The number of nitrogens with zero attached hydrogens (tertiary/aromatic N) is 2. The first-order valence-electron chi connectivity index (χ1n) is 10.8. The Morgan fingerprint density at radius 2 is 1.55 bits per heavy atom. The number of piperazine rings is 1. The van der Waals surface area contributed by atoms with Crippen LogP contribution in [0.1, 0.15) is 24.5 Å². The molecule has 2 heterocycles. The summed E-state index contributed by atoms with van der Waals surface area (Å²) in [7, 11) is 0. The van der Waals surface area contributed by atoms with Crippen molar-refractivity contribution < 1.29 is 14.9 Å². The van der Waals surface area contributed by atoms with Crippen molar-refractivity contribution >= 4 is 5.69 Å². The Kier molecular flexibility index (Phi) is 5.08. The van der Waals surface area contributed by atoms with Gasteiger partial charge in [0.25, 0.3) is 0 Å². The largest absolute Gasteiger partial charge is 0.391 e. The number of hydrogen-bond acceptors (Lipinski definition) is 5. The van der Waals surface area contributed by atoms with E-state index in [-0.39, 0.29) is 18.1 Å². The van der Waals surface area contributed by atoms with Crippen molar-refractivity contribution in [2.75, 3.05) is 37.7 Å². The van der Waals surface area contributed by atoms with E-state index in [9.17, 15) is 10.2 Å². The molecule has 5 rings (SSSR count). The van der Waals surface area contributed by atoms with Crippen molar-refractivity contribution in [1.29, 1.82) is 0 Å². The van der Waals surface area contributed by atoms with E-state index in [1.54, 1.807) is 0 Å². The Morgan fingerprint density at radius 1 is 0.897 bits per heavy atom. The molecule has 0 bridgehead atoms. The zero-order chi connectivity index (χ0) is 19.8. The standard InChI is InChI=1S/C24H30N2O3/c27-21-15-19-17-29-22(18-7-3-1-4-8-18)16-24(19,28)23(21)26-13-11-25(12-14-26)20-9-5-2-6-10-20/h1-10,19,21-23,27-28H,11-17H2/t19-,21-,22-,23+,24+/m1/s1. The smallest absolute Gasteiger partial charge is 0.0906 e. The van der Waals surface area contributed by atoms with Gasteiger partial charge in [-0.2, -0.15) is 0 Å². The summed E-state index contributed by atoms with van der Waals surface area (Å²) in [4.78, 5) is 4.70. The normalized spacial score (nSPS) is 35.4. The minimum absolute atomic E-state index is 0.00499. The molecular weight excluding hydrogens is 364 g/mol. The van der Waals surface area contributed by atoms with Gasteiger partial charge in [-0.3, -0.25) is 4.90 Å². The van der Waals surface area contributed by atoms with Crippen LogP contribution in [0.25, 0.3) is 0 Å². The molecule has 2 N–H and O–H groups in total. The van der Waals surface area contributed by atoms with Gasteiger partial charge < -0.3 is 19.8 Å². The Hall–Kier alpha value is -1.92. The monoisotopic (exact) mass is 394 g/mol. The summed E-state index contributed by atoms with van der Waals surface area (Å²) >= 11 is 0. The Morgan fingerprint density at radius 3 is 2.24 bits per heavy atom. The van der Waals surface area contributed by atoms with Gasteiger partial charge in [-0.1, -0.05) is 48.5 Å². The minimum Gasteiger partial charge on any atom is -0.391 e. The molecule has 5 nitrogen and oxygen atoms in total. The zero-order valence-electron chi connectivity index (χ0n) is 16.7. The number of hydrogen-bond donors (Lipinski definition) is 2. The van der Waals surface area contributed by atoms with Crippen LogP contribution in [0, 0.1) is 5.92 Å². The van der Waals surface area contributed by atoms with Crippen LogP contribution in [0.4, 0.5) is 5.69 Å². The van der Waals surface area contributed by atoms with Gasteiger partial charge in [0.2, 0.25) is 0 Å². The molecule has 0 aromatic heterocycles. The summed E-state index contributed by atoms with van der Waals surface area (Å²) in [6.45, 7) is 4.03. The van der Waals surface area contributed by atoms with Crippen molar-refractivity contribution in [3.63, 3.8) is 0 Å². The Labute approximate surface area is 172 Å². The topological polar surface area (TPSA) is 56.2 Å². The molecule has 0 spiro atoms.